The minimum absolute atomic E-state index is 0.0187. The van der Waals surface area contributed by atoms with Crippen molar-refractivity contribution >= 4 is 39.3 Å². The SMILES string of the molecule is CCCNCCCCNCCCCNCCCCNC(C(O)(S(=O)(=O)c1c(C)cc(C)cc1C)S(=O)(=O)c1c(C)cc(C)cc1C)(S(=O)(=O)c1c(C)cc(C)cc1C)S(=O)(=O)c1c(C)cc(C)cc1C. The Morgan fingerprint density at radius 1 is 0.357 bits per heavy atom. The summed E-state index contributed by atoms with van der Waals surface area (Å²) in [5.41, 5.74) is 2.45. The molecule has 0 aliphatic heterocycles. The van der Waals surface area contributed by atoms with Gasteiger partial charge in [-0.3, -0.25) is 5.32 Å². The van der Waals surface area contributed by atoms with Crippen molar-refractivity contribution in [1.82, 2.24) is 21.3 Å². The van der Waals surface area contributed by atoms with E-state index < -0.39 is 73.9 Å². The summed E-state index contributed by atoms with van der Waals surface area (Å²) in [7, 11) is -24.1. The van der Waals surface area contributed by atoms with E-state index in [4.69, 9.17) is 0 Å². The Morgan fingerprint density at radius 2 is 0.571 bits per heavy atom. The third-order valence-electron chi connectivity index (χ3n) is 12.9. The third kappa shape index (κ3) is 11.6. The fourth-order valence-corrected chi connectivity index (χ4v) is 23.4. The number of hydrogen-bond acceptors (Lipinski definition) is 13. The lowest BCUT2D eigenvalue weighted by molar-refractivity contribution is 0.164. The van der Waals surface area contributed by atoms with Crippen LogP contribution in [0, 0.1) is 83.1 Å². The van der Waals surface area contributed by atoms with Crippen LogP contribution in [0.15, 0.2) is 68.1 Å². The Morgan fingerprint density at radius 3 is 0.814 bits per heavy atom. The molecule has 5 N–H and O–H groups in total. The van der Waals surface area contributed by atoms with Gasteiger partial charge in [-0.05, 0) is 218 Å². The molecule has 4 aromatic rings. The summed E-state index contributed by atoms with van der Waals surface area (Å²) in [6.07, 6.45) is 5.54. The van der Waals surface area contributed by atoms with E-state index in [-0.39, 0.29) is 50.9 Å². The highest BCUT2D eigenvalue weighted by atomic mass is 32.3. The number of rotatable bonds is 27. The maximum Gasteiger partial charge on any atom is 0.325 e. The van der Waals surface area contributed by atoms with Gasteiger partial charge in [0.1, 0.15) is 0 Å². The Hall–Kier alpha value is -3.52. The van der Waals surface area contributed by atoms with Crippen molar-refractivity contribution in [2.75, 3.05) is 45.8 Å². The fourth-order valence-electron chi connectivity index (χ4n) is 10.4. The van der Waals surface area contributed by atoms with E-state index in [1.54, 1.807) is 27.7 Å². The van der Waals surface area contributed by atoms with Crippen LogP contribution in [0.4, 0.5) is 0 Å². The molecule has 0 aliphatic rings. The third-order valence-corrected chi connectivity index (χ3v) is 25.2. The molecule has 390 valence electrons. The van der Waals surface area contributed by atoms with E-state index in [2.05, 4.69) is 28.2 Å². The van der Waals surface area contributed by atoms with E-state index in [0.29, 0.717) is 41.8 Å². The van der Waals surface area contributed by atoms with E-state index in [1.807, 2.05) is 0 Å². The lowest BCUT2D eigenvalue weighted by Gasteiger charge is -2.45. The second kappa shape index (κ2) is 24.0. The predicted octanol–water partition coefficient (Wildman–Crippen LogP) is 7.99. The van der Waals surface area contributed by atoms with Gasteiger partial charge in [0.2, 0.25) is 39.3 Å². The van der Waals surface area contributed by atoms with Crippen molar-refractivity contribution in [2.45, 2.75) is 163 Å². The second-order valence-electron chi connectivity index (χ2n) is 19.4. The first-order valence-electron chi connectivity index (χ1n) is 24.5. The summed E-state index contributed by atoms with van der Waals surface area (Å²) in [6, 6.07) is 11.9. The number of benzene rings is 4. The molecule has 4 rings (SSSR count). The van der Waals surface area contributed by atoms with Gasteiger partial charge in [0, 0.05) is 0 Å². The second-order valence-corrected chi connectivity index (χ2v) is 28.0. The fraction of sp³-hybridized carbons (Fsp3) is 0.547. The molecule has 0 heterocycles. The average molecular weight is 1050 g/mol. The Kier molecular flexibility index (Phi) is 20.3. The summed E-state index contributed by atoms with van der Waals surface area (Å²) in [4.78, 5) is -2.68. The summed E-state index contributed by atoms with van der Waals surface area (Å²) >= 11 is 0. The van der Waals surface area contributed by atoms with Crippen LogP contribution < -0.4 is 21.3 Å². The zero-order valence-electron chi connectivity index (χ0n) is 43.9. The van der Waals surface area contributed by atoms with Gasteiger partial charge < -0.3 is 21.1 Å². The van der Waals surface area contributed by atoms with E-state index >= 15 is 33.7 Å². The van der Waals surface area contributed by atoms with Crippen LogP contribution in [0.2, 0.25) is 0 Å². The predicted molar refractivity (Wildman–Crippen MR) is 284 cm³/mol. The molecule has 13 nitrogen and oxygen atoms in total. The molecule has 0 unspecified atom stereocenters. The van der Waals surface area contributed by atoms with Crippen LogP contribution in [0.3, 0.4) is 0 Å². The van der Waals surface area contributed by atoms with Gasteiger partial charge >= 0.3 is 4.27 Å². The standard InChI is InChI=1S/C53H80N4O9S4/c1-14-21-54-22-15-16-23-55-24-17-18-25-56-26-19-20-27-57-52(67(59,60)48-40(6)28-36(2)29-41(48)7,68(61,62)49-42(8)30-37(3)31-43(49)9)53(58,69(63,64)50-44(10)32-38(4)33-45(50)11)70(65,66)51-46(12)34-39(5)35-47(51)13/h28-35,54-58H,14-27H2,1-13H3. The zero-order chi connectivity index (χ0) is 52.6. The van der Waals surface area contributed by atoms with Gasteiger partial charge in [-0.15, -0.1) is 0 Å². The largest absolute Gasteiger partial charge is 0.359 e. The van der Waals surface area contributed by atoms with Crippen molar-refractivity contribution in [1.29, 1.82) is 0 Å². The van der Waals surface area contributed by atoms with Crippen LogP contribution in [0.25, 0.3) is 0 Å². The molecule has 0 saturated carbocycles. The van der Waals surface area contributed by atoms with Crippen LogP contribution in [-0.4, -0.2) is 93.1 Å². The number of nitrogens with one attached hydrogen (secondary N) is 4. The first kappa shape index (κ1) is 59.0. The number of hydrogen-bond donors (Lipinski definition) is 5. The van der Waals surface area contributed by atoms with Crippen LogP contribution >= 0.6 is 0 Å². The molecule has 0 amide bonds. The minimum atomic E-state index is -6.08. The number of aryl methyl sites for hydroxylation is 12. The molecule has 0 atom stereocenters. The molecule has 0 fully saturated rings. The summed E-state index contributed by atoms with van der Waals surface area (Å²) < 4.78 is 123. The van der Waals surface area contributed by atoms with E-state index in [9.17, 15) is 5.11 Å². The van der Waals surface area contributed by atoms with Crippen molar-refractivity contribution in [2.24, 2.45) is 0 Å². The molecule has 4 aromatic carbocycles. The van der Waals surface area contributed by atoms with Crippen LogP contribution in [0.5, 0.6) is 0 Å². The van der Waals surface area contributed by atoms with Gasteiger partial charge in [0.05, 0.1) is 19.6 Å². The van der Waals surface area contributed by atoms with Crippen molar-refractivity contribution in [3.05, 3.63) is 115 Å². The van der Waals surface area contributed by atoms with E-state index in [1.165, 1.54) is 104 Å². The highest BCUT2D eigenvalue weighted by Crippen LogP contribution is 2.54. The molecule has 17 heteroatoms. The van der Waals surface area contributed by atoms with Gasteiger partial charge in [-0.2, -0.15) is 0 Å². The Bertz CT molecular complexity index is 2700. The Labute approximate surface area is 421 Å². The molecule has 0 aliphatic carbocycles. The van der Waals surface area contributed by atoms with Crippen molar-refractivity contribution in [3.8, 4) is 0 Å². The molecule has 0 radical (unpaired) electrons. The number of unbranched alkanes of at least 4 members (excludes halogenated alkanes) is 3. The quantitative estimate of drug-likeness (QED) is 0.0360. The minimum Gasteiger partial charge on any atom is -0.359 e. The molecule has 70 heavy (non-hydrogen) atoms. The zero-order valence-corrected chi connectivity index (χ0v) is 47.1. The number of aliphatic hydroxyl groups is 1. The van der Waals surface area contributed by atoms with Gasteiger partial charge in [0.15, 0.2) is 0 Å². The normalized spacial score (nSPS) is 13.1. The molecule has 0 saturated heterocycles. The molecule has 0 bridgehead atoms. The molecule has 0 aromatic heterocycles. The average Bonchev–Trinajstić information content (AvgIpc) is 3.20. The smallest absolute Gasteiger partial charge is 0.325 e. The lowest BCUT2D eigenvalue weighted by atomic mass is 10.1. The summed E-state index contributed by atoms with van der Waals surface area (Å²) in [5, 5.41) is 27.1. The molecular weight excluding hydrogens is 965 g/mol. The van der Waals surface area contributed by atoms with Gasteiger partial charge in [0.25, 0.3) is 4.20 Å². The van der Waals surface area contributed by atoms with Crippen molar-refractivity contribution in [3.63, 3.8) is 0 Å². The van der Waals surface area contributed by atoms with Crippen molar-refractivity contribution < 1.29 is 38.8 Å². The lowest BCUT2D eigenvalue weighted by Crippen LogP contribution is -2.76. The Balaban J connectivity index is 2.04. The molecule has 0 spiro atoms. The monoisotopic (exact) mass is 1040 g/mol. The van der Waals surface area contributed by atoms with Gasteiger partial charge in [-0.25, -0.2) is 33.7 Å². The maximum absolute atomic E-state index is 16.6. The van der Waals surface area contributed by atoms with E-state index in [0.717, 1.165) is 58.3 Å². The highest BCUT2D eigenvalue weighted by molar-refractivity contribution is 8.17. The highest BCUT2D eigenvalue weighted by Gasteiger charge is 2.81. The first-order chi connectivity index (χ1) is 32.6. The topological polar surface area (TPSA) is 205 Å². The van der Waals surface area contributed by atoms with Crippen LogP contribution in [-0.2, 0) is 39.3 Å². The summed E-state index contributed by atoms with van der Waals surface area (Å²) in [6.45, 7) is 24.8. The summed E-state index contributed by atoms with van der Waals surface area (Å²) in [5.74, 6) is 0. The molecular formula is C53H80N4O9S4. The van der Waals surface area contributed by atoms with Gasteiger partial charge in [-0.1, -0.05) is 77.7 Å². The first-order valence-corrected chi connectivity index (χ1v) is 30.4. The maximum atomic E-state index is 16.6. The number of sulfone groups is 4. The van der Waals surface area contributed by atoms with Crippen LogP contribution in [0.1, 0.15) is 119 Å².